The van der Waals surface area contributed by atoms with Gasteiger partial charge in [0.25, 0.3) is 5.69 Å². The van der Waals surface area contributed by atoms with E-state index in [-0.39, 0.29) is 23.0 Å². The van der Waals surface area contributed by atoms with E-state index in [4.69, 9.17) is 0 Å². The quantitative estimate of drug-likeness (QED) is 0.636. The number of nitrogens with zero attached hydrogens (tertiary/aromatic N) is 5. The number of nitro benzene ring substituents is 1. The minimum atomic E-state index is -0.526. The second-order valence-corrected chi connectivity index (χ2v) is 5.99. The van der Waals surface area contributed by atoms with Crippen molar-refractivity contribution in [3.8, 4) is 0 Å². The third-order valence-electron chi connectivity index (χ3n) is 4.21. The van der Waals surface area contributed by atoms with Crippen LogP contribution < -0.4 is 10.2 Å². The zero-order valence-electron chi connectivity index (χ0n) is 14.0. The van der Waals surface area contributed by atoms with Gasteiger partial charge in [-0.1, -0.05) is 18.9 Å². The van der Waals surface area contributed by atoms with Crippen molar-refractivity contribution in [1.82, 2.24) is 9.97 Å². The maximum Gasteiger partial charge on any atom is 0.353 e. The first-order chi connectivity index (χ1) is 12.6. The van der Waals surface area contributed by atoms with Crippen molar-refractivity contribution in [2.45, 2.75) is 25.7 Å². The van der Waals surface area contributed by atoms with E-state index in [0.717, 1.165) is 25.7 Å². The van der Waals surface area contributed by atoms with Crippen LogP contribution in [0.15, 0.2) is 30.6 Å². The molecule has 0 radical (unpaired) electrons. The summed E-state index contributed by atoms with van der Waals surface area (Å²) in [4.78, 5) is 31.6. The first-order valence-electron chi connectivity index (χ1n) is 8.32. The number of anilines is 3. The van der Waals surface area contributed by atoms with Gasteiger partial charge in [-0.3, -0.25) is 20.2 Å². The summed E-state index contributed by atoms with van der Waals surface area (Å²) in [6.45, 7) is 1.40. The molecule has 1 N–H and O–H groups in total. The summed E-state index contributed by atoms with van der Waals surface area (Å²) in [5.74, 6) is 0.296. The topological polar surface area (TPSA) is 127 Å². The van der Waals surface area contributed by atoms with Gasteiger partial charge in [0.2, 0.25) is 11.6 Å². The highest BCUT2D eigenvalue weighted by Crippen LogP contribution is 2.34. The molecular formula is C16H18N6O4. The smallest absolute Gasteiger partial charge is 0.351 e. The summed E-state index contributed by atoms with van der Waals surface area (Å²) >= 11 is 0. The lowest BCUT2D eigenvalue weighted by Crippen LogP contribution is -2.26. The van der Waals surface area contributed by atoms with E-state index in [1.165, 1.54) is 24.5 Å². The highest BCUT2D eigenvalue weighted by Gasteiger charge is 2.27. The molecule has 1 aromatic carbocycles. The predicted octanol–water partition coefficient (Wildman–Crippen LogP) is 3.42. The van der Waals surface area contributed by atoms with Gasteiger partial charge in [-0.2, -0.15) is 0 Å². The van der Waals surface area contributed by atoms with Crippen molar-refractivity contribution < 1.29 is 9.85 Å². The molecule has 0 saturated carbocycles. The van der Waals surface area contributed by atoms with Crippen LogP contribution in [0.3, 0.4) is 0 Å². The molecule has 10 heteroatoms. The number of benzene rings is 1. The average molecular weight is 358 g/mol. The monoisotopic (exact) mass is 358 g/mol. The molecule has 1 saturated heterocycles. The fourth-order valence-electron chi connectivity index (χ4n) is 2.98. The molecule has 1 aliphatic heterocycles. The van der Waals surface area contributed by atoms with Crippen LogP contribution in [-0.4, -0.2) is 32.9 Å². The van der Waals surface area contributed by atoms with Gasteiger partial charge in [0.15, 0.2) is 0 Å². The van der Waals surface area contributed by atoms with E-state index < -0.39 is 9.85 Å². The first kappa shape index (κ1) is 17.5. The van der Waals surface area contributed by atoms with Crippen molar-refractivity contribution >= 4 is 28.7 Å². The molecule has 10 nitrogen and oxygen atoms in total. The Balaban J connectivity index is 1.96. The second kappa shape index (κ2) is 7.72. The number of aromatic nitrogens is 2. The normalized spacial score (nSPS) is 14.5. The van der Waals surface area contributed by atoms with Gasteiger partial charge in [0.1, 0.15) is 6.33 Å². The van der Waals surface area contributed by atoms with Gasteiger partial charge in [-0.05, 0) is 18.9 Å². The molecule has 2 heterocycles. The third-order valence-corrected chi connectivity index (χ3v) is 4.21. The minimum absolute atomic E-state index is 0.0183. The molecule has 1 aromatic heterocycles. The lowest BCUT2D eigenvalue weighted by molar-refractivity contribution is -0.384. The van der Waals surface area contributed by atoms with Crippen molar-refractivity contribution in [2.75, 3.05) is 23.3 Å². The van der Waals surface area contributed by atoms with E-state index in [9.17, 15) is 20.2 Å². The van der Waals surface area contributed by atoms with E-state index in [0.29, 0.717) is 18.8 Å². The Morgan fingerprint density at radius 3 is 2.38 bits per heavy atom. The summed E-state index contributed by atoms with van der Waals surface area (Å²) < 4.78 is 0. The fraction of sp³-hybridized carbons (Fsp3) is 0.375. The summed E-state index contributed by atoms with van der Waals surface area (Å²) in [5.41, 5.74) is 0.0168. The minimum Gasteiger partial charge on any atom is -0.351 e. The Morgan fingerprint density at radius 1 is 1.00 bits per heavy atom. The molecule has 3 rings (SSSR count). The predicted molar refractivity (Wildman–Crippen MR) is 95.7 cm³/mol. The van der Waals surface area contributed by atoms with E-state index in [2.05, 4.69) is 15.3 Å². The molecule has 1 aliphatic rings. The Morgan fingerprint density at radius 2 is 1.73 bits per heavy atom. The first-order valence-corrected chi connectivity index (χ1v) is 8.32. The summed E-state index contributed by atoms with van der Waals surface area (Å²) in [7, 11) is 0. The van der Waals surface area contributed by atoms with Gasteiger partial charge in [-0.15, -0.1) is 0 Å². The molecular weight excluding hydrogens is 340 g/mol. The second-order valence-electron chi connectivity index (χ2n) is 5.99. The number of nitro groups is 2. The highest BCUT2D eigenvalue weighted by molar-refractivity contribution is 5.75. The summed E-state index contributed by atoms with van der Waals surface area (Å²) in [5, 5.41) is 25.4. The number of nitrogens with one attached hydrogen (secondary N) is 1. The van der Waals surface area contributed by atoms with Gasteiger partial charge >= 0.3 is 5.69 Å². The van der Waals surface area contributed by atoms with Crippen LogP contribution in [0.4, 0.5) is 28.7 Å². The van der Waals surface area contributed by atoms with E-state index in [1.54, 1.807) is 6.07 Å². The van der Waals surface area contributed by atoms with Crippen LogP contribution in [0.5, 0.6) is 0 Å². The van der Waals surface area contributed by atoms with Crippen LogP contribution in [0.25, 0.3) is 0 Å². The van der Waals surface area contributed by atoms with Gasteiger partial charge < -0.3 is 10.2 Å². The largest absolute Gasteiger partial charge is 0.353 e. The Kier molecular flexibility index (Phi) is 5.20. The zero-order chi connectivity index (χ0) is 18.5. The molecule has 0 unspecified atom stereocenters. The molecule has 0 bridgehead atoms. The van der Waals surface area contributed by atoms with Gasteiger partial charge in [0.05, 0.1) is 9.85 Å². The number of non-ortho nitro benzene ring substituents is 1. The average Bonchev–Trinajstić information content (AvgIpc) is 2.91. The number of hydrogen-bond acceptors (Lipinski definition) is 8. The summed E-state index contributed by atoms with van der Waals surface area (Å²) in [6, 6.07) is 5.74. The fourth-order valence-corrected chi connectivity index (χ4v) is 2.98. The zero-order valence-corrected chi connectivity index (χ0v) is 14.0. The molecule has 0 aliphatic carbocycles. The number of rotatable bonds is 5. The van der Waals surface area contributed by atoms with Crippen molar-refractivity contribution in [3.05, 3.63) is 50.8 Å². The molecule has 26 heavy (non-hydrogen) atoms. The molecule has 0 amide bonds. The standard InChI is InChI=1S/C16H18N6O4/c23-21(24)13-7-5-6-12(10-13)19-15-14(22(25)26)16(18-11-17-15)20-8-3-1-2-4-9-20/h5-7,10-11H,1-4,8-9H2,(H,17,18,19). The SMILES string of the molecule is O=[N+]([O-])c1cccc(Nc2ncnc(N3CCCCCC3)c2[N+](=O)[O-])c1. The maximum absolute atomic E-state index is 11.7. The Labute approximate surface area is 149 Å². The Bertz CT molecular complexity index is 820. The highest BCUT2D eigenvalue weighted by atomic mass is 16.6. The van der Waals surface area contributed by atoms with E-state index >= 15 is 0 Å². The van der Waals surface area contributed by atoms with Gasteiger partial charge in [0, 0.05) is 30.9 Å². The van der Waals surface area contributed by atoms with E-state index in [1.807, 2.05) is 4.90 Å². The third kappa shape index (κ3) is 3.85. The molecule has 0 atom stereocenters. The molecule has 0 spiro atoms. The van der Waals surface area contributed by atoms with Crippen molar-refractivity contribution in [2.24, 2.45) is 0 Å². The Hall–Kier alpha value is -3.30. The number of hydrogen-bond donors (Lipinski definition) is 1. The lowest BCUT2D eigenvalue weighted by Gasteiger charge is -2.21. The summed E-state index contributed by atoms with van der Waals surface area (Å²) in [6.07, 6.45) is 5.36. The molecule has 2 aromatic rings. The maximum atomic E-state index is 11.7. The van der Waals surface area contributed by atoms with Crippen molar-refractivity contribution in [3.63, 3.8) is 0 Å². The van der Waals surface area contributed by atoms with Crippen LogP contribution in [0.1, 0.15) is 25.7 Å². The van der Waals surface area contributed by atoms with Crippen LogP contribution >= 0.6 is 0 Å². The van der Waals surface area contributed by atoms with Crippen LogP contribution in [-0.2, 0) is 0 Å². The van der Waals surface area contributed by atoms with Gasteiger partial charge in [-0.25, -0.2) is 9.97 Å². The van der Waals surface area contributed by atoms with Crippen LogP contribution in [0.2, 0.25) is 0 Å². The molecule has 136 valence electrons. The van der Waals surface area contributed by atoms with Crippen molar-refractivity contribution in [1.29, 1.82) is 0 Å². The van der Waals surface area contributed by atoms with Crippen LogP contribution in [0, 0.1) is 20.2 Å². The molecule has 1 fully saturated rings. The lowest BCUT2D eigenvalue weighted by atomic mass is 10.2.